The first-order valence-electron chi connectivity index (χ1n) is 13.4. The fraction of sp³-hybridized carbons (Fsp3) is 0.0270. The van der Waals surface area contributed by atoms with Gasteiger partial charge in [-0.3, -0.25) is 0 Å². The summed E-state index contributed by atoms with van der Waals surface area (Å²) < 4.78 is 5.09. The average Bonchev–Trinajstić information content (AvgIpc) is 3.54. The van der Waals surface area contributed by atoms with Crippen LogP contribution in [-0.2, 0) is 0 Å². The largest absolute Gasteiger partial charge is 0.309 e. The third-order valence-corrected chi connectivity index (χ3v) is 9.09. The van der Waals surface area contributed by atoms with E-state index in [0.29, 0.717) is 0 Å². The van der Waals surface area contributed by atoms with E-state index < -0.39 is 0 Å². The van der Waals surface area contributed by atoms with E-state index in [4.69, 9.17) is 0 Å². The van der Waals surface area contributed by atoms with E-state index in [0.717, 1.165) is 0 Å². The number of fused-ring (bicyclic) bond motifs is 6. The van der Waals surface area contributed by atoms with Crippen LogP contribution in [0, 0.1) is 6.92 Å². The van der Waals surface area contributed by atoms with Crippen LogP contribution in [-0.4, -0.2) is 4.57 Å². The molecular formula is C37H25NS. The van der Waals surface area contributed by atoms with Gasteiger partial charge in [0.15, 0.2) is 0 Å². The van der Waals surface area contributed by atoms with Crippen molar-refractivity contribution < 1.29 is 0 Å². The highest BCUT2D eigenvalue weighted by molar-refractivity contribution is 7.25. The molecule has 0 amide bonds. The lowest BCUT2D eigenvalue weighted by atomic mass is 9.97. The Morgan fingerprint density at radius 3 is 1.92 bits per heavy atom. The molecule has 0 aliphatic rings. The summed E-state index contributed by atoms with van der Waals surface area (Å²) in [6, 6.07) is 48.7. The molecule has 0 fully saturated rings. The van der Waals surface area contributed by atoms with Crippen molar-refractivity contribution in [1.29, 1.82) is 0 Å². The van der Waals surface area contributed by atoms with Gasteiger partial charge in [-0.25, -0.2) is 0 Å². The Balaban J connectivity index is 1.19. The van der Waals surface area contributed by atoms with Gasteiger partial charge in [0.25, 0.3) is 0 Å². The van der Waals surface area contributed by atoms with Gasteiger partial charge in [-0.15, -0.1) is 11.3 Å². The number of aromatic nitrogens is 1. The van der Waals surface area contributed by atoms with Crippen molar-refractivity contribution in [1.82, 2.24) is 4.57 Å². The van der Waals surface area contributed by atoms with Crippen LogP contribution in [0.3, 0.4) is 0 Å². The maximum Gasteiger partial charge on any atom is 0.0570 e. The molecule has 184 valence electrons. The molecule has 0 atom stereocenters. The maximum absolute atomic E-state index is 2.40. The number of nitrogens with zero attached hydrogens (tertiary/aromatic N) is 1. The fourth-order valence-electron chi connectivity index (χ4n) is 6.12. The van der Waals surface area contributed by atoms with E-state index >= 15 is 0 Å². The van der Waals surface area contributed by atoms with Crippen LogP contribution >= 0.6 is 11.3 Å². The van der Waals surface area contributed by atoms with E-state index in [1.165, 1.54) is 75.5 Å². The first kappa shape index (κ1) is 22.3. The Kier molecular flexibility index (Phi) is 4.98. The Morgan fingerprint density at radius 2 is 1.10 bits per heavy atom. The molecule has 0 saturated carbocycles. The Bertz CT molecular complexity index is 2160. The minimum absolute atomic E-state index is 1.19. The molecule has 39 heavy (non-hydrogen) atoms. The summed E-state index contributed by atoms with van der Waals surface area (Å²) in [5.74, 6) is 0. The third-order valence-electron chi connectivity index (χ3n) is 7.95. The number of rotatable bonds is 3. The van der Waals surface area contributed by atoms with Gasteiger partial charge in [0.1, 0.15) is 0 Å². The van der Waals surface area contributed by atoms with Crippen LogP contribution < -0.4 is 0 Å². The molecule has 0 saturated heterocycles. The number of hydrogen-bond acceptors (Lipinski definition) is 1. The molecule has 1 nitrogen and oxygen atoms in total. The van der Waals surface area contributed by atoms with Gasteiger partial charge in [0, 0.05) is 36.6 Å². The zero-order chi connectivity index (χ0) is 25.9. The number of aryl methyl sites for hydroxylation is 1. The molecule has 0 unspecified atom stereocenters. The van der Waals surface area contributed by atoms with Crippen molar-refractivity contribution in [3.63, 3.8) is 0 Å². The molecule has 6 aromatic carbocycles. The van der Waals surface area contributed by atoms with Crippen LogP contribution in [0.4, 0.5) is 0 Å². The second kappa shape index (κ2) is 8.69. The number of thiophene rings is 1. The van der Waals surface area contributed by atoms with Crippen molar-refractivity contribution in [2.24, 2.45) is 0 Å². The van der Waals surface area contributed by atoms with Crippen molar-refractivity contribution in [3.05, 3.63) is 139 Å². The molecule has 2 heterocycles. The molecule has 0 aliphatic carbocycles. The normalized spacial score (nSPS) is 11.7. The molecule has 8 rings (SSSR count). The number of hydrogen-bond donors (Lipinski definition) is 0. The smallest absolute Gasteiger partial charge is 0.0570 e. The van der Waals surface area contributed by atoms with Crippen molar-refractivity contribution in [2.75, 3.05) is 0 Å². The summed E-state index contributed by atoms with van der Waals surface area (Å²) in [5, 5.41) is 5.30. The summed E-state index contributed by atoms with van der Waals surface area (Å²) in [6.07, 6.45) is 0. The molecular weight excluding hydrogens is 490 g/mol. The van der Waals surface area contributed by atoms with Crippen molar-refractivity contribution in [2.45, 2.75) is 6.92 Å². The van der Waals surface area contributed by atoms with Crippen molar-refractivity contribution in [3.8, 4) is 27.9 Å². The highest BCUT2D eigenvalue weighted by Crippen LogP contribution is 2.40. The summed E-state index contributed by atoms with van der Waals surface area (Å²) in [7, 11) is 0. The SMILES string of the molecule is Cc1cccc2c3ccccc3n(-c3ccc(-c4ccc(-c5cccc6sc7ccccc7c56)cc4)cc3)c12. The zero-order valence-corrected chi connectivity index (χ0v) is 22.4. The van der Waals surface area contributed by atoms with E-state index in [1.54, 1.807) is 0 Å². The summed E-state index contributed by atoms with van der Waals surface area (Å²) in [5.41, 5.74) is 10.0. The van der Waals surface area contributed by atoms with Gasteiger partial charge in [-0.1, -0.05) is 103 Å². The van der Waals surface area contributed by atoms with Gasteiger partial charge in [0.05, 0.1) is 11.0 Å². The van der Waals surface area contributed by atoms with E-state index in [9.17, 15) is 0 Å². The lowest BCUT2D eigenvalue weighted by Crippen LogP contribution is -1.95. The molecule has 0 N–H and O–H groups in total. The number of para-hydroxylation sites is 2. The molecule has 8 aromatic rings. The zero-order valence-electron chi connectivity index (χ0n) is 21.6. The highest BCUT2D eigenvalue weighted by atomic mass is 32.1. The first-order chi connectivity index (χ1) is 19.3. The maximum atomic E-state index is 2.40. The second-order valence-electron chi connectivity index (χ2n) is 10.2. The molecule has 0 aliphatic heterocycles. The summed E-state index contributed by atoms with van der Waals surface area (Å²) in [6.45, 7) is 2.20. The van der Waals surface area contributed by atoms with Crippen LogP contribution in [0.15, 0.2) is 133 Å². The first-order valence-corrected chi connectivity index (χ1v) is 14.2. The second-order valence-corrected chi connectivity index (χ2v) is 11.3. The van der Waals surface area contributed by atoms with Crippen molar-refractivity contribution >= 4 is 53.3 Å². The van der Waals surface area contributed by atoms with Crippen LogP contribution in [0.2, 0.25) is 0 Å². The standard InChI is InChI=1S/C37H25NS/c1-24-8-6-12-31-30-9-2-4-13-33(30)38(37(24)31)28-22-20-26(21-23-28)25-16-18-27(19-17-25)29-11-7-15-35-36(29)32-10-3-5-14-34(32)39-35/h2-23H,1H3. The van der Waals surface area contributed by atoms with E-state index in [2.05, 4.69) is 145 Å². The highest BCUT2D eigenvalue weighted by Gasteiger charge is 2.14. The van der Waals surface area contributed by atoms with Gasteiger partial charge < -0.3 is 4.57 Å². The monoisotopic (exact) mass is 515 g/mol. The molecule has 0 bridgehead atoms. The van der Waals surface area contributed by atoms with Gasteiger partial charge >= 0.3 is 0 Å². The van der Waals surface area contributed by atoms with Crippen LogP contribution in [0.5, 0.6) is 0 Å². The minimum Gasteiger partial charge on any atom is -0.309 e. The Morgan fingerprint density at radius 1 is 0.487 bits per heavy atom. The minimum atomic E-state index is 1.19. The fourth-order valence-corrected chi connectivity index (χ4v) is 7.25. The van der Waals surface area contributed by atoms with E-state index in [-0.39, 0.29) is 0 Å². The molecule has 2 aromatic heterocycles. The topological polar surface area (TPSA) is 4.93 Å². The number of benzene rings is 6. The van der Waals surface area contributed by atoms with Gasteiger partial charge in [-0.05, 0) is 65.1 Å². The average molecular weight is 516 g/mol. The van der Waals surface area contributed by atoms with E-state index in [1.807, 2.05) is 11.3 Å². The lowest BCUT2D eigenvalue weighted by Gasteiger charge is -2.11. The third kappa shape index (κ3) is 3.46. The molecule has 0 radical (unpaired) electrons. The lowest BCUT2D eigenvalue weighted by molar-refractivity contribution is 1.17. The quantitative estimate of drug-likeness (QED) is 0.220. The summed E-state index contributed by atoms with van der Waals surface area (Å²) >= 11 is 1.87. The van der Waals surface area contributed by atoms with Gasteiger partial charge in [0.2, 0.25) is 0 Å². The predicted octanol–water partition coefficient (Wildman–Crippen LogP) is 10.8. The predicted molar refractivity (Wildman–Crippen MR) is 169 cm³/mol. The molecule has 2 heteroatoms. The summed E-state index contributed by atoms with van der Waals surface area (Å²) in [4.78, 5) is 0. The van der Waals surface area contributed by atoms with Gasteiger partial charge in [-0.2, -0.15) is 0 Å². The van der Waals surface area contributed by atoms with Crippen LogP contribution in [0.25, 0.3) is 69.9 Å². The van der Waals surface area contributed by atoms with Crippen LogP contribution in [0.1, 0.15) is 5.56 Å². The molecule has 0 spiro atoms. The Hall–Kier alpha value is -4.66. The Labute approximate surface area is 231 Å².